The van der Waals surface area contributed by atoms with Crippen LogP contribution in [0.5, 0.6) is 0 Å². The summed E-state index contributed by atoms with van der Waals surface area (Å²) in [5.41, 5.74) is 1.42. The highest BCUT2D eigenvalue weighted by Crippen LogP contribution is 2.21. The van der Waals surface area contributed by atoms with E-state index in [1.54, 1.807) is 22.7 Å². The largest absolute Gasteiger partial charge is 0.349 e. The van der Waals surface area contributed by atoms with Gasteiger partial charge in [-0.25, -0.2) is 4.98 Å². The molecule has 2 rings (SSSR count). The Bertz CT molecular complexity index is 461. The van der Waals surface area contributed by atoms with E-state index in [0.29, 0.717) is 0 Å². The lowest BCUT2D eigenvalue weighted by atomic mass is 10.2. The second kappa shape index (κ2) is 7.62. The first-order valence-electron chi connectivity index (χ1n) is 6.75. The van der Waals surface area contributed by atoms with Crippen molar-refractivity contribution < 1.29 is 0 Å². The molecule has 0 unspecified atom stereocenters. The summed E-state index contributed by atoms with van der Waals surface area (Å²) in [5, 5.41) is 8.97. The smallest absolute Gasteiger partial charge is 0.185 e. The fraction of sp³-hybridized carbons (Fsp3) is 0.500. The van der Waals surface area contributed by atoms with Crippen molar-refractivity contribution >= 4 is 27.8 Å². The Morgan fingerprint density at radius 1 is 1.32 bits per heavy atom. The van der Waals surface area contributed by atoms with Crippen molar-refractivity contribution in [3.05, 3.63) is 33.5 Å². The molecule has 0 saturated carbocycles. The first kappa shape index (κ1) is 14.5. The summed E-state index contributed by atoms with van der Waals surface area (Å²) in [5.74, 6) is 0. The van der Waals surface area contributed by atoms with Gasteiger partial charge in [-0.15, -0.1) is 11.3 Å². The molecule has 5 heteroatoms. The van der Waals surface area contributed by atoms with E-state index < -0.39 is 0 Å². The first-order valence-corrected chi connectivity index (χ1v) is 8.50. The summed E-state index contributed by atoms with van der Waals surface area (Å²) in [6.07, 6.45) is 3.10. The van der Waals surface area contributed by atoms with Crippen LogP contribution in [0.2, 0.25) is 0 Å². The van der Waals surface area contributed by atoms with E-state index in [4.69, 9.17) is 0 Å². The Morgan fingerprint density at radius 3 is 2.84 bits per heavy atom. The van der Waals surface area contributed by atoms with Crippen LogP contribution in [-0.4, -0.2) is 24.6 Å². The highest BCUT2D eigenvalue weighted by atomic mass is 32.1. The zero-order chi connectivity index (χ0) is 13.5. The Labute approximate surface area is 123 Å². The number of anilines is 1. The quantitative estimate of drug-likeness (QED) is 0.757. The minimum atomic E-state index is 0.920. The molecule has 104 valence electrons. The lowest BCUT2D eigenvalue weighted by molar-refractivity contribution is 0.693. The Kier molecular flexibility index (Phi) is 5.82. The average molecular weight is 295 g/mol. The van der Waals surface area contributed by atoms with E-state index in [1.165, 1.54) is 10.4 Å². The van der Waals surface area contributed by atoms with Crippen LogP contribution in [0.15, 0.2) is 23.0 Å². The van der Waals surface area contributed by atoms with Crippen LogP contribution in [0.4, 0.5) is 5.13 Å². The summed E-state index contributed by atoms with van der Waals surface area (Å²) >= 11 is 3.56. The van der Waals surface area contributed by atoms with E-state index >= 15 is 0 Å². The van der Waals surface area contributed by atoms with Crippen LogP contribution in [-0.2, 0) is 13.0 Å². The molecule has 3 nitrogen and oxygen atoms in total. The second-order valence-corrected chi connectivity index (χ2v) is 6.21. The van der Waals surface area contributed by atoms with E-state index in [2.05, 4.69) is 45.9 Å². The predicted octanol–water partition coefficient (Wildman–Crippen LogP) is 3.38. The molecule has 0 spiro atoms. The molecule has 19 heavy (non-hydrogen) atoms. The Morgan fingerprint density at radius 2 is 2.16 bits per heavy atom. The van der Waals surface area contributed by atoms with Crippen LogP contribution in [0, 0.1) is 0 Å². The number of aromatic nitrogens is 1. The summed E-state index contributed by atoms with van der Waals surface area (Å²) in [7, 11) is 0. The van der Waals surface area contributed by atoms with E-state index in [-0.39, 0.29) is 0 Å². The number of hydrogen-bond acceptors (Lipinski definition) is 5. The number of rotatable bonds is 8. The highest BCUT2D eigenvalue weighted by molar-refractivity contribution is 7.15. The summed E-state index contributed by atoms with van der Waals surface area (Å²) in [6, 6.07) is 2.19. The van der Waals surface area contributed by atoms with Gasteiger partial charge in [-0.05, 0) is 49.2 Å². The van der Waals surface area contributed by atoms with E-state index in [1.807, 2.05) is 6.20 Å². The molecule has 2 heterocycles. The monoisotopic (exact) mass is 295 g/mol. The zero-order valence-electron chi connectivity index (χ0n) is 11.6. The van der Waals surface area contributed by atoms with E-state index in [0.717, 1.165) is 37.7 Å². The van der Waals surface area contributed by atoms with Crippen molar-refractivity contribution in [1.29, 1.82) is 0 Å². The van der Waals surface area contributed by atoms with Crippen molar-refractivity contribution in [2.75, 3.05) is 24.5 Å². The molecule has 0 fully saturated rings. The number of thiazole rings is 1. The van der Waals surface area contributed by atoms with Crippen LogP contribution < -0.4 is 10.2 Å². The van der Waals surface area contributed by atoms with E-state index in [9.17, 15) is 0 Å². The van der Waals surface area contributed by atoms with Gasteiger partial charge in [-0.2, -0.15) is 11.3 Å². The molecule has 2 aromatic rings. The topological polar surface area (TPSA) is 28.2 Å². The minimum absolute atomic E-state index is 0.920. The van der Waals surface area contributed by atoms with Crippen LogP contribution in [0.25, 0.3) is 0 Å². The fourth-order valence-electron chi connectivity index (χ4n) is 1.90. The molecule has 0 aliphatic heterocycles. The summed E-state index contributed by atoms with van der Waals surface area (Å²) in [4.78, 5) is 8.10. The van der Waals surface area contributed by atoms with Gasteiger partial charge in [0.2, 0.25) is 0 Å². The normalized spacial score (nSPS) is 10.8. The maximum Gasteiger partial charge on any atom is 0.185 e. The van der Waals surface area contributed by atoms with Crippen molar-refractivity contribution in [3.8, 4) is 0 Å². The van der Waals surface area contributed by atoms with Crippen molar-refractivity contribution in [1.82, 2.24) is 10.3 Å². The van der Waals surface area contributed by atoms with Crippen molar-refractivity contribution in [3.63, 3.8) is 0 Å². The molecule has 0 bridgehead atoms. The minimum Gasteiger partial charge on any atom is -0.349 e. The van der Waals surface area contributed by atoms with Gasteiger partial charge in [-0.1, -0.05) is 0 Å². The molecule has 0 amide bonds. The molecule has 0 aromatic carbocycles. The second-order valence-electron chi connectivity index (χ2n) is 4.34. The Hall–Kier alpha value is -0.910. The average Bonchev–Trinajstić information content (AvgIpc) is 3.08. The molecule has 0 saturated heterocycles. The molecule has 0 aliphatic rings. The van der Waals surface area contributed by atoms with Crippen LogP contribution in [0.3, 0.4) is 0 Å². The lowest BCUT2D eigenvalue weighted by Gasteiger charge is -2.16. The summed E-state index contributed by atoms with van der Waals surface area (Å²) < 4.78 is 0. The number of thiophene rings is 1. The van der Waals surface area contributed by atoms with Gasteiger partial charge in [0.05, 0.1) is 0 Å². The van der Waals surface area contributed by atoms with Gasteiger partial charge in [-0.3, -0.25) is 0 Å². The first-order chi connectivity index (χ1) is 9.33. The van der Waals surface area contributed by atoms with Gasteiger partial charge in [0.15, 0.2) is 5.13 Å². The van der Waals surface area contributed by atoms with Gasteiger partial charge >= 0.3 is 0 Å². The number of nitrogens with zero attached hydrogens (tertiary/aromatic N) is 2. The van der Waals surface area contributed by atoms with Gasteiger partial charge in [0.25, 0.3) is 0 Å². The molecule has 0 radical (unpaired) electrons. The number of nitrogens with one attached hydrogen (secondary N) is 1. The van der Waals surface area contributed by atoms with Gasteiger partial charge < -0.3 is 10.2 Å². The highest BCUT2D eigenvalue weighted by Gasteiger charge is 2.07. The third kappa shape index (κ3) is 4.30. The maximum atomic E-state index is 4.49. The number of hydrogen-bond donors (Lipinski definition) is 1. The fourth-order valence-corrected chi connectivity index (χ4v) is 3.61. The van der Waals surface area contributed by atoms with Crippen LogP contribution in [0.1, 0.15) is 24.3 Å². The van der Waals surface area contributed by atoms with Crippen LogP contribution >= 0.6 is 22.7 Å². The van der Waals surface area contributed by atoms with Gasteiger partial charge in [0.1, 0.15) is 0 Å². The van der Waals surface area contributed by atoms with Crippen molar-refractivity contribution in [2.45, 2.75) is 26.8 Å². The molecule has 0 atom stereocenters. The molecule has 1 N–H and O–H groups in total. The van der Waals surface area contributed by atoms with Crippen molar-refractivity contribution in [2.24, 2.45) is 0 Å². The zero-order valence-corrected chi connectivity index (χ0v) is 13.2. The maximum absolute atomic E-state index is 4.49. The SMILES string of the molecule is CCN(CC)c1ncc(CNCCc2ccsc2)s1. The van der Waals surface area contributed by atoms with Gasteiger partial charge in [0, 0.05) is 30.7 Å². The third-order valence-electron chi connectivity index (χ3n) is 3.05. The third-order valence-corrected chi connectivity index (χ3v) is 4.84. The lowest BCUT2D eigenvalue weighted by Crippen LogP contribution is -2.21. The molecule has 2 aromatic heterocycles. The Balaban J connectivity index is 1.74. The molecule has 0 aliphatic carbocycles. The molecular formula is C14H21N3S2. The summed E-state index contributed by atoms with van der Waals surface area (Å²) in [6.45, 7) is 8.33. The molecular weight excluding hydrogens is 274 g/mol. The standard InChI is InChI=1S/C14H21N3S2/c1-3-17(4-2)14-16-10-13(19-14)9-15-7-5-12-6-8-18-11-12/h6,8,10-11,15H,3-5,7,9H2,1-2H3. The predicted molar refractivity (Wildman–Crippen MR) is 85.4 cm³/mol.